The van der Waals surface area contributed by atoms with Crippen LogP contribution in [0.5, 0.6) is 0 Å². The van der Waals surface area contributed by atoms with Gasteiger partial charge in [-0.3, -0.25) is 9.69 Å². The van der Waals surface area contributed by atoms with Crippen molar-refractivity contribution in [2.45, 2.75) is 86.8 Å². The number of hydrogen-bond acceptors (Lipinski definition) is 10. The molecule has 7 bridgehead atoms. The van der Waals surface area contributed by atoms with Crippen molar-refractivity contribution in [1.82, 2.24) is 4.90 Å². The zero-order valence-corrected chi connectivity index (χ0v) is 21.5. The van der Waals surface area contributed by atoms with Gasteiger partial charge < -0.3 is 39.0 Å². The fraction of sp³-hybridized carbons (Fsp3) is 0.962. The molecule has 2 heterocycles. The number of piperidine rings is 1. The smallest absolute Gasteiger partial charge is 0.303 e. The Hall–Kier alpha value is -0.850. The van der Waals surface area contributed by atoms with E-state index in [2.05, 4.69) is 11.8 Å². The molecule has 5 saturated carbocycles. The molecule has 36 heavy (non-hydrogen) atoms. The molecule has 13 unspecified atom stereocenters. The van der Waals surface area contributed by atoms with Crippen molar-refractivity contribution in [3.05, 3.63) is 0 Å². The lowest BCUT2D eigenvalue weighted by atomic mass is 9.41. The van der Waals surface area contributed by atoms with Crippen molar-refractivity contribution < 1.29 is 43.8 Å². The van der Waals surface area contributed by atoms with Crippen LogP contribution in [0.25, 0.3) is 0 Å². The van der Waals surface area contributed by atoms with Gasteiger partial charge in [0.1, 0.15) is 18.5 Å². The first-order valence-corrected chi connectivity index (χ1v) is 13.4. The van der Waals surface area contributed by atoms with Crippen LogP contribution in [-0.4, -0.2) is 114 Å². The highest BCUT2D eigenvalue weighted by molar-refractivity contribution is 5.67. The molecule has 10 nitrogen and oxygen atoms in total. The Balaban J connectivity index is 1.60. The van der Waals surface area contributed by atoms with Gasteiger partial charge in [-0.2, -0.15) is 0 Å². The lowest BCUT2D eigenvalue weighted by molar-refractivity contribution is -0.332. The number of carbonyl (C=O) groups excluding carboxylic acids is 1. The quantitative estimate of drug-likeness (QED) is 0.424. The van der Waals surface area contributed by atoms with Gasteiger partial charge in [0, 0.05) is 57.3 Å². The number of likely N-dealkylation sites (tertiary alicyclic amines) is 1. The molecule has 2 saturated heterocycles. The van der Waals surface area contributed by atoms with Crippen LogP contribution in [0.4, 0.5) is 0 Å². The molecule has 7 aliphatic rings. The summed E-state index contributed by atoms with van der Waals surface area (Å²) in [5.74, 6) is -1.86. The highest BCUT2D eigenvalue weighted by Crippen LogP contribution is 2.83. The fourth-order valence-corrected chi connectivity index (χ4v) is 11.5. The van der Waals surface area contributed by atoms with E-state index in [1.54, 1.807) is 14.2 Å². The largest absolute Gasteiger partial charge is 0.459 e. The summed E-state index contributed by atoms with van der Waals surface area (Å²) in [5, 5.41) is 37.0. The van der Waals surface area contributed by atoms with Crippen LogP contribution in [-0.2, 0) is 28.5 Å². The van der Waals surface area contributed by atoms with Crippen LogP contribution in [0.2, 0.25) is 0 Å². The van der Waals surface area contributed by atoms with Crippen molar-refractivity contribution in [3.8, 4) is 0 Å². The molecule has 202 valence electrons. The molecule has 7 rings (SSSR count). The molecule has 13 atom stereocenters. The molecule has 3 spiro atoms. The third-order valence-electron chi connectivity index (χ3n) is 11.9. The Morgan fingerprint density at radius 2 is 1.94 bits per heavy atom. The maximum absolute atomic E-state index is 13.1. The van der Waals surface area contributed by atoms with Crippen LogP contribution in [0.15, 0.2) is 0 Å². The van der Waals surface area contributed by atoms with E-state index in [9.17, 15) is 20.1 Å². The first kappa shape index (κ1) is 24.2. The zero-order chi connectivity index (χ0) is 25.5. The molecular weight excluding hydrogens is 470 g/mol. The van der Waals surface area contributed by atoms with Gasteiger partial charge in [0.2, 0.25) is 0 Å². The van der Waals surface area contributed by atoms with E-state index in [0.29, 0.717) is 39.0 Å². The molecule has 10 heteroatoms. The zero-order valence-electron chi connectivity index (χ0n) is 21.5. The monoisotopic (exact) mass is 509 g/mol. The van der Waals surface area contributed by atoms with E-state index < -0.39 is 69.8 Å². The molecule has 5 aliphatic carbocycles. The Morgan fingerprint density at radius 1 is 1.17 bits per heavy atom. The van der Waals surface area contributed by atoms with Crippen LogP contribution in [0, 0.1) is 28.6 Å². The Morgan fingerprint density at radius 3 is 2.61 bits per heavy atom. The third kappa shape index (κ3) is 2.15. The summed E-state index contributed by atoms with van der Waals surface area (Å²) in [6, 6.07) is -0.463. The van der Waals surface area contributed by atoms with Crippen LogP contribution in [0.3, 0.4) is 0 Å². The summed E-state index contributed by atoms with van der Waals surface area (Å²) in [6.45, 7) is 5.18. The highest BCUT2D eigenvalue weighted by Gasteiger charge is 2.97. The van der Waals surface area contributed by atoms with Crippen molar-refractivity contribution in [1.29, 1.82) is 0 Å². The van der Waals surface area contributed by atoms with Gasteiger partial charge in [-0.1, -0.05) is 6.92 Å². The van der Waals surface area contributed by atoms with E-state index in [0.717, 1.165) is 0 Å². The lowest BCUT2D eigenvalue weighted by Crippen LogP contribution is -2.85. The number of esters is 1. The molecule has 0 aromatic carbocycles. The number of carbonyl (C=O) groups is 1. The summed E-state index contributed by atoms with van der Waals surface area (Å²) in [6.07, 6.45) is -1.04. The Labute approximate surface area is 211 Å². The number of aliphatic hydroxyl groups is 3. The van der Waals surface area contributed by atoms with Crippen molar-refractivity contribution in [2.24, 2.45) is 28.6 Å². The van der Waals surface area contributed by atoms with Gasteiger partial charge in [-0.05, 0) is 25.8 Å². The predicted molar refractivity (Wildman–Crippen MR) is 123 cm³/mol. The van der Waals surface area contributed by atoms with Crippen LogP contribution >= 0.6 is 0 Å². The molecule has 0 amide bonds. The van der Waals surface area contributed by atoms with E-state index in [1.807, 2.05) is 0 Å². The van der Waals surface area contributed by atoms with E-state index >= 15 is 0 Å². The van der Waals surface area contributed by atoms with Crippen LogP contribution in [0.1, 0.15) is 39.5 Å². The van der Waals surface area contributed by atoms with Gasteiger partial charge in [-0.25, -0.2) is 0 Å². The predicted octanol–water partition coefficient (Wildman–Crippen LogP) is -0.332. The minimum atomic E-state index is -1.47. The first-order valence-electron chi connectivity index (χ1n) is 13.4. The van der Waals surface area contributed by atoms with E-state index in [-0.39, 0.29) is 25.2 Å². The summed E-state index contributed by atoms with van der Waals surface area (Å²) >= 11 is 0. The fourth-order valence-electron chi connectivity index (χ4n) is 11.5. The van der Waals surface area contributed by atoms with E-state index in [4.69, 9.17) is 23.7 Å². The van der Waals surface area contributed by atoms with Crippen molar-refractivity contribution in [2.75, 3.05) is 40.7 Å². The number of hydrogen-bond donors (Lipinski definition) is 3. The summed E-state index contributed by atoms with van der Waals surface area (Å²) in [5.41, 5.74) is -5.37. The summed E-state index contributed by atoms with van der Waals surface area (Å²) in [4.78, 5) is 15.0. The molecule has 0 aromatic heterocycles. The first-order chi connectivity index (χ1) is 17.1. The SMILES string of the molecule is CCN1CC2(COC)CCC(O)C34C2C(OC(C)=O)C2(OCOC25CC(OC)C2CC3(O)C5C2O)C14. The minimum absolute atomic E-state index is 0.0393. The number of aliphatic hydroxyl groups excluding tert-OH is 2. The maximum Gasteiger partial charge on any atom is 0.303 e. The Bertz CT molecular complexity index is 981. The number of rotatable bonds is 5. The topological polar surface area (TPSA) is 127 Å². The van der Waals surface area contributed by atoms with Gasteiger partial charge in [0.05, 0.1) is 42.0 Å². The number of likely N-dealkylation sites (N-methyl/N-ethyl adjacent to an activating group) is 1. The summed E-state index contributed by atoms with van der Waals surface area (Å²) < 4.78 is 31.3. The second-order valence-electron chi connectivity index (χ2n) is 12.6. The molecule has 3 N–H and O–H groups in total. The molecule has 7 fully saturated rings. The van der Waals surface area contributed by atoms with Gasteiger partial charge in [-0.15, -0.1) is 0 Å². The number of nitrogens with zero attached hydrogens (tertiary/aromatic N) is 1. The Kier molecular flexibility index (Phi) is 4.85. The van der Waals surface area contributed by atoms with Gasteiger partial charge >= 0.3 is 5.97 Å². The van der Waals surface area contributed by atoms with Gasteiger partial charge in [0.25, 0.3) is 0 Å². The van der Waals surface area contributed by atoms with Crippen LogP contribution < -0.4 is 0 Å². The van der Waals surface area contributed by atoms with E-state index in [1.165, 1.54) is 6.92 Å². The highest BCUT2D eigenvalue weighted by atomic mass is 16.7. The molecule has 2 aliphatic heterocycles. The standard InChI is InChI=1S/C26H39NO9/c1-5-27-10-22(11-32-3)7-6-16(29)25-19(22)20(36-13(2)28)26(21(25)27)24(34-12-35-26)9-15(33-4)14-8-23(25,31)18(24)17(14)30/h14-21,29-31H,5-12H2,1-4H3. The summed E-state index contributed by atoms with van der Waals surface area (Å²) in [7, 11) is 3.30. The second kappa shape index (κ2) is 7.21. The lowest BCUT2D eigenvalue weighted by Gasteiger charge is -2.71. The maximum atomic E-state index is 13.1. The number of ether oxygens (including phenoxy) is 5. The number of methoxy groups -OCH3 is 2. The van der Waals surface area contributed by atoms with Gasteiger partial charge in [0.15, 0.2) is 5.60 Å². The minimum Gasteiger partial charge on any atom is -0.459 e. The number of fused-ring (bicyclic) bond motifs is 1. The normalized spacial score (nSPS) is 60.2. The van der Waals surface area contributed by atoms with Crippen molar-refractivity contribution in [3.63, 3.8) is 0 Å². The molecule has 0 aromatic rings. The average Bonchev–Trinajstić information content (AvgIpc) is 3.36. The average molecular weight is 510 g/mol. The molecule has 0 radical (unpaired) electrons. The van der Waals surface area contributed by atoms with Crippen molar-refractivity contribution >= 4 is 5.97 Å². The molecular formula is C26H39NO9. The third-order valence-corrected chi connectivity index (χ3v) is 11.9. The second-order valence-corrected chi connectivity index (χ2v) is 12.6.